The van der Waals surface area contributed by atoms with Crippen molar-refractivity contribution in [2.45, 2.75) is 26.3 Å². The largest absolute Gasteiger partial charge is 0.492 e. The summed E-state index contributed by atoms with van der Waals surface area (Å²) in [6.07, 6.45) is -0.0257. The van der Waals surface area contributed by atoms with E-state index in [9.17, 15) is 9.59 Å². The molecule has 2 aromatic rings. The van der Waals surface area contributed by atoms with Gasteiger partial charge in [0.05, 0.1) is 18.7 Å². The fourth-order valence-corrected chi connectivity index (χ4v) is 2.44. The SMILES string of the molecule is CCOc1ccccc1NC(=O)C[C@H]1C(=O)Nc2nc(C)nn21. The summed E-state index contributed by atoms with van der Waals surface area (Å²) in [7, 11) is 0. The molecule has 0 aliphatic carbocycles. The minimum absolute atomic E-state index is 0.0257. The molecule has 8 heteroatoms. The maximum Gasteiger partial charge on any atom is 0.252 e. The number of fused-ring (bicyclic) bond motifs is 1. The number of ether oxygens (including phenoxy) is 1. The van der Waals surface area contributed by atoms with Gasteiger partial charge in [-0.1, -0.05) is 12.1 Å². The molecule has 2 amide bonds. The van der Waals surface area contributed by atoms with Crippen LogP contribution in [0.25, 0.3) is 0 Å². The van der Waals surface area contributed by atoms with Crippen molar-refractivity contribution in [3.8, 4) is 5.75 Å². The van der Waals surface area contributed by atoms with Gasteiger partial charge < -0.3 is 10.1 Å². The van der Waals surface area contributed by atoms with Crippen molar-refractivity contribution in [2.24, 2.45) is 0 Å². The first-order valence-electron chi connectivity index (χ1n) is 7.34. The van der Waals surface area contributed by atoms with Crippen LogP contribution in [0.4, 0.5) is 11.6 Å². The van der Waals surface area contributed by atoms with Crippen LogP contribution in [-0.4, -0.2) is 33.2 Å². The van der Waals surface area contributed by atoms with Crippen molar-refractivity contribution in [1.29, 1.82) is 0 Å². The van der Waals surface area contributed by atoms with E-state index in [1.807, 2.05) is 13.0 Å². The lowest BCUT2D eigenvalue weighted by molar-refractivity contribution is -0.123. The standard InChI is InChI=1S/C15H17N5O3/c1-3-23-12-7-5-4-6-10(12)17-13(21)8-11-14(22)18-15-16-9(2)19-20(11)15/h4-7,11H,3,8H2,1-2H3,(H,17,21)(H,16,18,19,22)/t11-/m0/s1. The van der Waals surface area contributed by atoms with Crippen molar-refractivity contribution in [2.75, 3.05) is 17.2 Å². The third-order valence-electron chi connectivity index (χ3n) is 3.41. The second kappa shape index (κ2) is 6.07. The smallest absolute Gasteiger partial charge is 0.252 e. The topological polar surface area (TPSA) is 98.1 Å². The summed E-state index contributed by atoms with van der Waals surface area (Å²) in [6, 6.07) is 6.48. The van der Waals surface area contributed by atoms with Crippen LogP contribution in [0.2, 0.25) is 0 Å². The molecule has 2 heterocycles. The Morgan fingerprint density at radius 1 is 1.43 bits per heavy atom. The number of benzene rings is 1. The first-order chi connectivity index (χ1) is 11.1. The average Bonchev–Trinajstić information content (AvgIpc) is 2.99. The van der Waals surface area contributed by atoms with E-state index >= 15 is 0 Å². The zero-order valence-corrected chi connectivity index (χ0v) is 12.9. The number of hydrogen-bond acceptors (Lipinski definition) is 5. The van der Waals surface area contributed by atoms with Gasteiger partial charge in [0.1, 0.15) is 17.6 Å². The van der Waals surface area contributed by atoms with Crippen LogP contribution in [-0.2, 0) is 9.59 Å². The van der Waals surface area contributed by atoms with E-state index < -0.39 is 6.04 Å². The van der Waals surface area contributed by atoms with E-state index in [4.69, 9.17) is 4.74 Å². The van der Waals surface area contributed by atoms with Crippen molar-refractivity contribution >= 4 is 23.5 Å². The van der Waals surface area contributed by atoms with E-state index in [1.165, 1.54) is 4.68 Å². The zero-order chi connectivity index (χ0) is 16.4. The first-order valence-corrected chi connectivity index (χ1v) is 7.34. The monoisotopic (exact) mass is 315 g/mol. The molecule has 23 heavy (non-hydrogen) atoms. The lowest BCUT2D eigenvalue weighted by Gasteiger charge is -2.13. The van der Waals surface area contributed by atoms with Gasteiger partial charge in [-0.2, -0.15) is 10.1 Å². The molecule has 1 atom stereocenters. The molecule has 1 aliphatic heterocycles. The van der Waals surface area contributed by atoms with Gasteiger partial charge in [0.15, 0.2) is 0 Å². The van der Waals surface area contributed by atoms with Crippen molar-refractivity contribution in [3.63, 3.8) is 0 Å². The number of rotatable bonds is 5. The first kappa shape index (κ1) is 15.0. The number of anilines is 2. The highest BCUT2D eigenvalue weighted by molar-refractivity contribution is 6.01. The van der Waals surface area contributed by atoms with Crippen LogP contribution < -0.4 is 15.4 Å². The number of carbonyl (C=O) groups is 2. The highest BCUT2D eigenvalue weighted by Gasteiger charge is 2.34. The van der Waals surface area contributed by atoms with Crippen LogP contribution in [0.15, 0.2) is 24.3 Å². The van der Waals surface area contributed by atoms with E-state index in [-0.39, 0.29) is 18.2 Å². The number of hydrogen-bond donors (Lipinski definition) is 2. The number of aryl methyl sites for hydroxylation is 1. The summed E-state index contributed by atoms with van der Waals surface area (Å²) in [5.74, 6) is 0.940. The molecular formula is C15H17N5O3. The molecule has 2 N–H and O–H groups in total. The minimum atomic E-state index is -0.689. The van der Waals surface area contributed by atoms with Gasteiger partial charge in [-0.25, -0.2) is 4.68 Å². The molecule has 0 spiro atoms. The quantitative estimate of drug-likeness (QED) is 0.871. The summed E-state index contributed by atoms with van der Waals surface area (Å²) < 4.78 is 6.92. The minimum Gasteiger partial charge on any atom is -0.492 e. The Balaban J connectivity index is 1.72. The molecule has 1 aliphatic rings. The third kappa shape index (κ3) is 3.01. The van der Waals surface area contributed by atoms with Gasteiger partial charge >= 0.3 is 0 Å². The Hall–Kier alpha value is -2.90. The van der Waals surface area contributed by atoms with Gasteiger partial charge in [0.25, 0.3) is 5.91 Å². The number of nitrogens with zero attached hydrogens (tertiary/aromatic N) is 3. The van der Waals surface area contributed by atoms with E-state index in [0.29, 0.717) is 29.8 Å². The predicted molar refractivity (Wildman–Crippen MR) is 83.3 cm³/mol. The number of aromatic nitrogens is 3. The van der Waals surface area contributed by atoms with Crippen LogP contribution in [0, 0.1) is 6.92 Å². The fourth-order valence-electron chi connectivity index (χ4n) is 2.44. The van der Waals surface area contributed by atoms with Gasteiger partial charge in [0, 0.05) is 0 Å². The number of amides is 2. The number of para-hydroxylation sites is 2. The normalized spacial score (nSPS) is 15.9. The summed E-state index contributed by atoms with van der Waals surface area (Å²) in [4.78, 5) is 28.3. The molecule has 0 saturated heterocycles. The average molecular weight is 315 g/mol. The maximum atomic E-state index is 12.3. The molecule has 1 aromatic carbocycles. The van der Waals surface area contributed by atoms with Gasteiger partial charge in [-0.05, 0) is 26.0 Å². The van der Waals surface area contributed by atoms with Gasteiger partial charge in [0.2, 0.25) is 11.9 Å². The van der Waals surface area contributed by atoms with E-state index in [2.05, 4.69) is 20.7 Å². The molecule has 1 aromatic heterocycles. The highest BCUT2D eigenvalue weighted by atomic mass is 16.5. The second-order valence-corrected chi connectivity index (χ2v) is 5.11. The molecule has 0 radical (unpaired) electrons. The Morgan fingerprint density at radius 3 is 3.00 bits per heavy atom. The van der Waals surface area contributed by atoms with E-state index in [1.54, 1.807) is 25.1 Å². The Kier molecular flexibility index (Phi) is 3.96. The molecule has 0 bridgehead atoms. The Morgan fingerprint density at radius 2 is 2.22 bits per heavy atom. The lowest BCUT2D eigenvalue weighted by atomic mass is 10.2. The van der Waals surface area contributed by atoms with Crippen LogP contribution in [0.1, 0.15) is 25.2 Å². The van der Waals surface area contributed by atoms with Crippen LogP contribution in [0.5, 0.6) is 5.75 Å². The van der Waals surface area contributed by atoms with Gasteiger partial charge in [-0.3, -0.25) is 14.9 Å². The maximum absolute atomic E-state index is 12.3. The van der Waals surface area contributed by atoms with Crippen LogP contribution >= 0.6 is 0 Å². The van der Waals surface area contributed by atoms with Crippen molar-refractivity contribution in [1.82, 2.24) is 14.8 Å². The van der Waals surface area contributed by atoms with Crippen molar-refractivity contribution < 1.29 is 14.3 Å². The fraction of sp³-hybridized carbons (Fsp3) is 0.333. The molecule has 0 saturated carbocycles. The predicted octanol–water partition coefficient (Wildman–Crippen LogP) is 1.51. The Bertz CT molecular complexity index is 755. The molecule has 120 valence electrons. The summed E-state index contributed by atoms with van der Waals surface area (Å²) in [6.45, 7) is 4.10. The van der Waals surface area contributed by atoms with Crippen LogP contribution in [0.3, 0.4) is 0 Å². The second-order valence-electron chi connectivity index (χ2n) is 5.11. The molecule has 3 rings (SSSR count). The summed E-state index contributed by atoms with van der Waals surface area (Å²) >= 11 is 0. The molecule has 0 unspecified atom stereocenters. The zero-order valence-electron chi connectivity index (χ0n) is 12.9. The summed E-state index contributed by atoms with van der Waals surface area (Å²) in [5, 5.41) is 9.54. The van der Waals surface area contributed by atoms with E-state index in [0.717, 1.165) is 0 Å². The summed E-state index contributed by atoms with van der Waals surface area (Å²) in [5.41, 5.74) is 0.577. The molecular weight excluding hydrogens is 298 g/mol. The van der Waals surface area contributed by atoms with Crippen molar-refractivity contribution in [3.05, 3.63) is 30.1 Å². The third-order valence-corrected chi connectivity index (χ3v) is 3.41. The highest BCUT2D eigenvalue weighted by Crippen LogP contribution is 2.27. The number of nitrogens with one attached hydrogen (secondary N) is 2. The molecule has 8 nitrogen and oxygen atoms in total. The lowest BCUT2D eigenvalue weighted by Crippen LogP contribution is -2.24. The number of carbonyl (C=O) groups excluding carboxylic acids is 2. The van der Waals surface area contributed by atoms with Gasteiger partial charge in [-0.15, -0.1) is 0 Å². The Labute approximate surface area is 132 Å². The molecule has 0 fully saturated rings.